The summed E-state index contributed by atoms with van der Waals surface area (Å²) in [6.45, 7) is 1.19. The maximum atomic E-state index is 12.9. The fourth-order valence-electron chi connectivity index (χ4n) is 3.15. The lowest BCUT2D eigenvalue weighted by Crippen LogP contribution is -2.39. The summed E-state index contributed by atoms with van der Waals surface area (Å²) in [6, 6.07) is 6.07. The number of halogens is 4. The lowest BCUT2D eigenvalue weighted by molar-refractivity contribution is -0.137. The molecule has 12 heteroatoms. The molecule has 0 aliphatic carbocycles. The molecule has 2 amide bonds. The Bertz CT molecular complexity index is 1050. The molecular weight excluding hydrogens is 411 g/mol. The summed E-state index contributed by atoms with van der Waals surface area (Å²) in [7, 11) is 0. The van der Waals surface area contributed by atoms with Crippen molar-refractivity contribution in [3.05, 3.63) is 47.2 Å². The molecule has 1 aliphatic rings. The van der Waals surface area contributed by atoms with Crippen LogP contribution in [0.1, 0.15) is 12.0 Å². The smallest absolute Gasteiger partial charge is 0.353 e. The summed E-state index contributed by atoms with van der Waals surface area (Å²) in [4.78, 5) is 14.2. The molecule has 2 N–H and O–H groups in total. The van der Waals surface area contributed by atoms with Gasteiger partial charge in [0.2, 0.25) is 0 Å². The first-order valence-corrected chi connectivity index (χ1v) is 9.04. The average Bonchev–Trinajstić information content (AvgIpc) is 3.30. The number of hydrogen-bond acceptors (Lipinski definition) is 5. The second-order valence-corrected chi connectivity index (χ2v) is 6.95. The predicted octanol–water partition coefficient (Wildman–Crippen LogP) is 3.20. The van der Waals surface area contributed by atoms with Crippen LogP contribution in [0.15, 0.2) is 36.7 Å². The highest BCUT2D eigenvalue weighted by molar-refractivity contribution is 6.31. The Labute approximate surface area is 167 Å². The zero-order valence-corrected chi connectivity index (χ0v) is 15.6. The Morgan fingerprint density at radius 2 is 2.07 bits per heavy atom. The quantitative estimate of drug-likeness (QED) is 0.673. The topological polar surface area (TPSA) is 87.5 Å². The highest BCUT2D eigenvalue weighted by Gasteiger charge is 2.33. The van der Waals surface area contributed by atoms with E-state index in [1.54, 1.807) is 10.6 Å². The Kier molecular flexibility index (Phi) is 4.91. The molecule has 1 aromatic carbocycles. The first-order chi connectivity index (χ1) is 13.8. The van der Waals surface area contributed by atoms with Gasteiger partial charge in [-0.15, -0.1) is 15.3 Å². The molecule has 4 rings (SSSR count). The van der Waals surface area contributed by atoms with Gasteiger partial charge in [0, 0.05) is 24.8 Å². The Hall–Kier alpha value is -3.08. The molecule has 0 saturated carbocycles. The largest absolute Gasteiger partial charge is 0.417 e. The van der Waals surface area contributed by atoms with Crippen LogP contribution in [0.2, 0.25) is 5.02 Å². The van der Waals surface area contributed by atoms with Crippen molar-refractivity contribution in [2.75, 3.05) is 23.3 Å². The molecule has 1 fully saturated rings. The van der Waals surface area contributed by atoms with E-state index in [1.165, 1.54) is 12.4 Å². The van der Waals surface area contributed by atoms with E-state index in [-0.39, 0.29) is 11.7 Å². The molecular formula is C17H15ClF3N7O. The van der Waals surface area contributed by atoms with E-state index in [0.717, 1.165) is 18.0 Å². The van der Waals surface area contributed by atoms with Crippen LogP contribution < -0.4 is 15.5 Å². The third-order valence-electron chi connectivity index (χ3n) is 4.52. The maximum Gasteiger partial charge on any atom is 0.417 e. The normalized spacial score (nSPS) is 17.0. The van der Waals surface area contributed by atoms with Gasteiger partial charge in [0.25, 0.3) is 0 Å². The minimum absolute atomic E-state index is 0.00815. The van der Waals surface area contributed by atoms with Crippen molar-refractivity contribution in [2.24, 2.45) is 0 Å². The summed E-state index contributed by atoms with van der Waals surface area (Å²) >= 11 is 5.59. The highest BCUT2D eigenvalue weighted by atomic mass is 35.5. The molecule has 0 spiro atoms. The van der Waals surface area contributed by atoms with Crippen LogP contribution in [-0.4, -0.2) is 45.0 Å². The molecule has 152 valence electrons. The fraction of sp³-hybridized carbons (Fsp3) is 0.294. The van der Waals surface area contributed by atoms with E-state index < -0.39 is 22.8 Å². The van der Waals surface area contributed by atoms with Crippen molar-refractivity contribution in [1.29, 1.82) is 0 Å². The number of aromatic nitrogens is 4. The molecule has 1 atom stereocenters. The van der Waals surface area contributed by atoms with E-state index in [4.69, 9.17) is 11.6 Å². The first-order valence-electron chi connectivity index (χ1n) is 8.66. The lowest BCUT2D eigenvalue weighted by Gasteiger charge is -2.18. The van der Waals surface area contributed by atoms with Crippen LogP contribution in [-0.2, 0) is 6.18 Å². The van der Waals surface area contributed by atoms with Gasteiger partial charge >= 0.3 is 12.2 Å². The zero-order chi connectivity index (χ0) is 20.6. The molecule has 0 radical (unpaired) electrons. The first kappa shape index (κ1) is 19.2. The van der Waals surface area contributed by atoms with Crippen molar-refractivity contribution < 1.29 is 18.0 Å². The van der Waals surface area contributed by atoms with Gasteiger partial charge in [-0.25, -0.2) is 4.79 Å². The second-order valence-electron chi connectivity index (χ2n) is 6.55. The number of hydrogen-bond donors (Lipinski definition) is 2. The molecule has 0 bridgehead atoms. The van der Waals surface area contributed by atoms with Crippen molar-refractivity contribution in [3.8, 4) is 0 Å². The predicted molar refractivity (Wildman–Crippen MR) is 100 cm³/mol. The van der Waals surface area contributed by atoms with Crippen molar-refractivity contribution >= 4 is 34.8 Å². The van der Waals surface area contributed by atoms with E-state index in [9.17, 15) is 18.0 Å². The number of carbonyl (C=O) groups excluding carboxylic acids is 1. The van der Waals surface area contributed by atoms with Crippen LogP contribution >= 0.6 is 11.6 Å². The molecule has 3 aromatic rings. The molecule has 2 aromatic heterocycles. The van der Waals surface area contributed by atoms with Crippen LogP contribution in [0.4, 0.5) is 29.5 Å². The van der Waals surface area contributed by atoms with Gasteiger partial charge in [0.1, 0.15) is 12.1 Å². The van der Waals surface area contributed by atoms with E-state index >= 15 is 0 Å². The number of urea groups is 1. The summed E-state index contributed by atoms with van der Waals surface area (Å²) in [5, 5.41) is 16.8. The van der Waals surface area contributed by atoms with E-state index in [2.05, 4.69) is 25.9 Å². The van der Waals surface area contributed by atoms with Crippen LogP contribution in [0.3, 0.4) is 0 Å². The van der Waals surface area contributed by atoms with Crippen LogP contribution in [0, 0.1) is 0 Å². The van der Waals surface area contributed by atoms with Crippen molar-refractivity contribution in [3.63, 3.8) is 0 Å². The Balaban J connectivity index is 1.37. The van der Waals surface area contributed by atoms with E-state index in [1.807, 2.05) is 11.0 Å². The minimum atomic E-state index is -4.60. The number of nitrogens with one attached hydrogen (secondary N) is 2. The molecule has 3 heterocycles. The third kappa shape index (κ3) is 4.19. The summed E-state index contributed by atoms with van der Waals surface area (Å²) < 4.78 is 40.4. The van der Waals surface area contributed by atoms with Crippen molar-refractivity contribution in [1.82, 2.24) is 25.1 Å². The van der Waals surface area contributed by atoms with Gasteiger partial charge in [-0.2, -0.15) is 17.7 Å². The molecule has 8 nitrogen and oxygen atoms in total. The van der Waals surface area contributed by atoms with Crippen molar-refractivity contribution in [2.45, 2.75) is 18.6 Å². The van der Waals surface area contributed by atoms with Gasteiger partial charge < -0.3 is 15.5 Å². The average molecular weight is 426 g/mol. The number of rotatable bonds is 3. The fourth-order valence-corrected chi connectivity index (χ4v) is 3.37. The zero-order valence-electron chi connectivity index (χ0n) is 14.8. The van der Waals surface area contributed by atoms with Crippen LogP contribution in [0.25, 0.3) is 5.65 Å². The Morgan fingerprint density at radius 3 is 2.86 bits per heavy atom. The maximum absolute atomic E-state index is 12.9. The number of benzene rings is 1. The Morgan fingerprint density at radius 1 is 1.24 bits per heavy atom. The SMILES string of the molecule is O=C(Nc1ccc(Cl)c(C(F)(F)F)c1)NC1CCN(c2ccc3nncn3n2)C1. The van der Waals surface area contributed by atoms with Gasteiger partial charge in [0.05, 0.1) is 10.6 Å². The molecule has 1 saturated heterocycles. The highest BCUT2D eigenvalue weighted by Crippen LogP contribution is 2.36. The minimum Gasteiger partial charge on any atom is -0.353 e. The van der Waals surface area contributed by atoms with Gasteiger partial charge in [-0.3, -0.25) is 0 Å². The van der Waals surface area contributed by atoms with Crippen LogP contribution in [0.5, 0.6) is 0 Å². The number of carbonyl (C=O) groups is 1. The van der Waals surface area contributed by atoms with Gasteiger partial charge in [-0.05, 0) is 36.8 Å². The molecule has 1 aliphatic heterocycles. The summed E-state index contributed by atoms with van der Waals surface area (Å²) in [5.74, 6) is 0.717. The van der Waals surface area contributed by atoms with E-state index in [0.29, 0.717) is 25.2 Å². The number of nitrogens with zero attached hydrogens (tertiary/aromatic N) is 5. The molecule has 1 unspecified atom stereocenters. The summed E-state index contributed by atoms with van der Waals surface area (Å²) in [6.07, 6.45) is -2.43. The lowest BCUT2D eigenvalue weighted by atomic mass is 10.2. The number of anilines is 2. The second kappa shape index (κ2) is 7.39. The summed E-state index contributed by atoms with van der Waals surface area (Å²) in [5.41, 5.74) is -0.364. The standard InChI is InChI=1S/C17H15ClF3N7O/c18-13-2-1-10(7-12(13)17(19,20)21)23-16(29)24-11-5-6-27(8-11)15-4-3-14-25-22-9-28(14)26-15/h1-4,7,9,11H,5-6,8H2,(H2,23,24,29). The third-order valence-corrected chi connectivity index (χ3v) is 4.85. The number of alkyl halides is 3. The van der Waals surface area contributed by atoms with Gasteiger partial charge in [-0.1, -0.05) is 11.6 Å². The number of amides is 2. The van der Waals surface area contributed by atoms with Gasteiger partial charge in [0.15, 0.2) is 5.65 Å². The monoisotopic (exact) mass is 425 g/mol. The number of fused-ring (bicyclic) bond motifs is 1. The molecule has 29 heavy (non-hydrogen) atoms.